The Kier molecular flexibility index (Phi) is 7.28. The summed E-state index contributed by atoms with van der Waals surface area (Å²) in [5.41, 5.74) is 1.73. The topological polar surface area (TPSA) is 106 Å². The van der Waals surface area contributed by atoms with Crippen LogP contribution in [0.4, 0.5) is 15.8 Å². The molecule has 1 aliphatic heterocycles. The fourth-order valence-electron chi connectivity index (χ4n) is 2.89. The van der Waals surface area contributed by atoms with Gasteiger partial charge in [-0.1, -0.05) is 23.4 Å². The number of carbonyl (C=O) groups excluding carboxylic acids is 1. The van der Waals surface area contributed by atoms with Crippen molar-refractivity contribution in [1.82, 2.24) is 5.32 Å². The highest BCUT2D eigenvalue weighted by Gasteiger charge is 2.21. The van der Waals surface area contributed by atoms with Crippen LogP contribution in [0.1, 0.15) is 11.1 Å². The largest absolute Gasteiger partial charge is 0.386 e. The van der Waals surface area contributed by atoms with Crippen LogP contribution in [-0.4, -0.2) is 50.0 Å². The van der Waals surface area contributed by atoms with E-state index in [9.17, 15) is 19.3 Å². The molecule has 1 heterocycles. The Labute approximate surface area is 172 Å². The van der Waals surface area contributed by atoms with Crippen molar-refractivity contribution in [2.24, 2.45) is 5.16 Å². The van der Waals surface area contributed by atoms with Gasteiger partial charge in [0, 0.05) is 31.3 Å². The number of hydrogen-bond donors (Lipinski definition) is 1. The molecular weight excluding hydrogens is 395 g/mol. The molecule has 2 aromatic carbocycles. The highest BCUT2D eigenvalue weighted by atomic mass is 19.1. The molecule has 3 rings (SSSR count). The van der Waals surface area contributed by atoms with Crippen LogP contribution in [-0.2, 0) is 20.9 Å². The van der Waals surface area contributed by atoms with Crippen molar-refractivity contribution in [3.05, 3.63) is 69.5 Å². The number of amides is 1. The first-order valence-corrected chi connectivity index (χ1v) is 9.30. The third kappa shape index (κ3) is 5.98. The number of nitro benzene ring substituents is 1. The van der Waals surface area contributed by atoms with Crippen LogP contribution >= 0.6 is 0 Å². The molecule has 0 aromatic heterocycles. The molecule has 1 amide bonds. The first-order chi connectivity index (χ1) is 14.5. The number of nitro groups is 1. The Bertz CT molecular complexity index is 914. The first-order valence-electron chi connectivity index (χ1n) is 9.30. The minimum Gasteiger partial charge on any atom is -0.386 e. The van der Waals surface area contributed by atoms with Crippen LogP contribution in [0.2, 0.25) is 0 Å². The normalized spacial score (nSPS) is 14.0. The van der Waals surface area contributed by atoms with Gasteiger partial charge in [0.05, 0.1) is 24.4 Å². The summed E-state index contributed by atoms with van der Waals surface area (Å²) in [5, 5.41) is 17.8. The van der Waals surface area contributed by atoms with E-state index in [-0.39, 0.29) is 24.7 Å². The third-order valence-corrected chi connectivity index (χ3v) is 4.42. The zero-order valence-electron chi connectivity index (χ0n) is 16.1. The molecule has 0 bridgehead atoms. The van der Waals surface area contributed by atoms with E-state index in [0.717, 1.165) is 5.56 Å². The minimum absolute atomic E-state index is 0.0297. The van der Waals surface area contributed by atoms with Crippen LogP contribution in [0.3, 0.4) is 0 Å². The molecule has 0 saturated carbocycles. The van der Waals surface area contributed by atoms with Crippen molar-refractivity contribution in [1.29, 1.82) is 0 Å². The van der Waals surface area contributed by atoms with Gasteiger partial charge in [0.2, 0.25) is 0 Å². The van der Waals surface area contributed by atoms with E-state index in [0.29, 0.717) is 37.6 Å². The molecule has 10 heteroatoms. The van der Waals surface area contributed by atoms with Crippen molar-refractivity contribution < 1.29 is 23.7 Å². The number of halogens is 1. The van der Waals surface area contributed by atoms with Crippen LogP contribution in [0.15, 0.2) is 47.6 Å². The number of hydrogen-bond acceptors (Lipinski definition) is 7. The molecule has 0 aliphatic carbocycles. The lowest BCUT2D eigenvalue weighted by Gasteiger charge is -2.28. The number of nitrogens with one attached hydrogen (secondary N) is 1. The molecule has 1 N–H and O–H groups in total. The average molecular weight is 416 g/mol. The predicted octanol–water partition coefficient (Wildman–Crippen LogP) is 2.24. The van der Waals surface area contributed by atoms with E-state index in [2.05, 4.69) is 10.5 Å². The van der Waals surface area contributed by atoms with E-state index < -0.39 is 10.8 Å². The lowest BCUT2D eigenvalue weighted by Crippen LogP contribution is -2.36. The van der Waals surface area contributed by atoms with E-state index >= 15 is 0 Å². The van der Waals surface area contributed by atoms with Gasteiger partial charge in [-0.25, -0.2) is 4.39 Å². The van der Waals surface area contributed by atoms with Gasteiger partial charge in [0.1, 0.15) is 11.5 Å². The van der Waals surface area contributed by atoms with Gasteiger partial charge in [-0.05, 0) is 23.8 Å². The van der Waals surface area contributed by atoms with Gasteiger partial charge in [0.25, 0.3) is 11.6 Å². The van der Waals surface area contributed by atoms with Crippen molar-refractivity contribution in [2.75, 3.05) is 37.8 Å². The third-order valence-electron chi connectivity index (χ3n) is 4.42. The Morgan fingerprint density at radius 2 is 2.00 bits per heavy atom. The maximum absolute atomic E-state index is 12.8. The second-order valence-corrected chi connectivity index (χ2v) is 6.52. The molecule has 0 radical (unpaired) electrons. The molecule has 2 aromatic rings. The van der Waals surface area contributed by atoms with Crippen molar-refractivity contribution >= 4 is 23.5 Å². The highest BCUT2D eigenvalue weighted by Crippen LogP contribution is 2.29. The van der Waals surface area contributed by atoms with E-state index in [1.165, 1.54) is 24.4 Å². The smallest absolute Gasteiger partial charge is 0.293 e. The lowest BCUT2D eigenvalue weighted by molar-refractivity contribution is -0.384. The molecule has 0 atom stereocenters. The summed E-state index contributed by atoms with van der Waals surface area (Å²) in [4.78, 5) is 29.6. The van der Waals surface area contributed by atoms with Crippen LogP contribution in [0.25, 0.3) is 0 Å². The average Bonchev–Trinajstić information content (AvgIpc) is 2.77. The summed E-state index contributed by atoms with van der Waals surface area (Å²) in [6.45, 7) is 2.15. The zero-order chi connectivity index (χ0) is 21.3. The molecule has 30 heavy (non-hydrogen) atoms. The number of nitrogens with zero attached hydrogens (tertiary/aromatic N) is 3. The quantitative estimate of drug-likeness (QED) is 0.402. The van der Waals surface area contributed by atoms with Crippen LogP contribution in [0.5, 0.6) is 0 Å². The summed E-state index contributed by atoms with van der Waals surface area (Å²) in [7, 11) is 0. The second kappa shape index (κ2) is 10.3. The van der Waals surface area contributed by atoms with Gasteiger partial charge >= 0.3 is 0 Å². The van der Waals surface area contributed by atoms with Crippen molar-refractivity contribution in [2.45, 2.75) is 6.54 Å². The standard InChI is InChI=1S/C20H21FN4O5/c21-17-4-1-15(2-5-17)12-22-20(26)14-30-23-13-16-3-6-18(19(11-16)25(27)28)24-7-9-29-10-8-24/h1-6,11,13H,7-10,12,14H2,(H,22,26)/b23-13-. The molecule has 1 aliphatic rings. The van der Waals surface area contributed by atoms with E-state index in [1.54, 1.807) is 24.3 Å². The molecule has 1 saturated heterocycles. The number of oxime groups is 1. The van der Waals surface area contributed by atoms with Gasteiger partial charge in [-0.2, -0.15) is 0 Å². The summed E-state index contributed by atoms with van der Waals surface area (Å²) >= 11 is 0. The number of benzene rings is 2. The van der Waals surface area contributed by atoms with Gasteiger partial charge in [0.15, 0.2) is 6.61 Å². The van der Waals surface area contributed by atoms with E-state index in [4.69, 9.17) is 9.57 Å². The Morgan fingerprint density at radius 3 is 2.70 bits per heavy atom. The number of carbonyl (C=O) groups is 1. The maximum atomic E-state index is 12.8. The Morgan fingerprint density at radius 1 is 1.27 bits per heavy atom. The monoisotopic (exact) mass is 416 g/mol. The van der Waals surface area contributed by atoms with E-state index in [1.807, 2.05) is 4.90 Å². The maximum Gasteiger partial charge on any atom is 0.293 e. The molecule has 158 valence electrons. The van der Waals surface area contributed by atoms with Gasteiger partial charge < -0.3 is 19.8 Å². The summed E-state index contributed by atoms with van der Waals surface area (Å²) in [5.74, 6) is -0.744. The zero-order valence-corrected chi connectivity index (χ0v) is 16.1. The van der Waals surface area contributed by atoms with Crippen molar-refractivity contribution in [3.8, 4) is 0 Å². The van der Waals surface area contributed by atoms with Gasteiger partial charge in [-0.3, -0.25) is 14.9 Å². The molecule has 0 spiro atoms. The molecule has 9 nitrogen and oxygen atoms in total. The molecular formula is C20H21FN4O5. The SMILES string of the molecule is O=C(CO/N=C\c1ccc(N2CCOCC2)c([N+](=O)[O-])c1)NCc1ccc(F)cc1. The first kappa shape index (κ1) is 21.2. The Hall–Kier alpha value is -3.53. The fourth-order valence-corrected chi connectivity index (χ4v) is 2.89. The minimum atomic E-state index is -0.439. The molecule has 1 fully saturated rings. The highest BCUT2D eigenvalue weighted by molar-refractivity contribution is 5.83. The predicted molar refractivity (Wildman–Crippen MR) is 108 cm³/mol. The molecule has 0 unspecified atom stereocenters. The summed E-state index contributed by atoms with van der Waals surface area (Å²) < 4.78 is 18.1. The lowest BCUT2D eigenvalue weighted by atomic mass is 10.1. The summed E-state index contributed by atoms with van der Waals surface area (Å²) in [6.07, 6.45) is 1.31. The van der Waals surface area contributed by atoms with Crippen molar-refractivity contribution in [3.63, 3.8) is 0 Å². The second-order valence-electron chi connectivity index (χ2n) is 6.52. The number of anilines is 1. The number of morpholine rings is 1. The Balaban J connectivity index is 1.51. The van der Waals surface area contributed by atoms with Crippen LogP contribution in [0, 0.1) is 15.9 Å². The fraction of sp³-hybridized carbons (Fsp3) is 0.300. The number of ether oxygens (including phenoxy) is 1. The summed E-state index contributed by atoms with van der Waals surface area (Å²) in [6, 6.07) is 10.5. The number of rotatable bonds is 8. The van der Waals surface area contributed by atoms with Gasteiger partial charge in [-0.15, -0.1) is 0 Å². The van der Waals surface area contributed by atoms with Crippen LogP contribution < -0.4 is 10.2 Å².